The second-order valence-corrected chi connectivity index (χ2v) is 9.27. The average Bonchev–Trinajstić information content (AvgIpc) is 3.43. The number of anilines is 2. The molecule has 1 atom stereocenters. The molecule has 0 aromatic carbocycles. The number of nitrogen functional groups attached to an aromatic ring is 1. The summed E-state index contributed by atoms with van der Waals surface area (Å²) in [5.41, 5.74) is 5.36. The van der Waals surface area contributed by atoms with Crippen LogP contribution in [0.4, 0.5) is 20.4 Å². The molecule has 34 heavy (non-hydrogen) atoms. The average molecular weight is 491 g/mol. The zero-order valence-corrected chi connectivity index (χ0v) is 19.1. The maximum atomic E-state index is 13.5. The summed E-state index contributed by atoms with van der Waals surface area (Å²) in [5, 5.41) is 10.5. The highest BCUT2D eigenvalue weighted by Gasteiger charge is 2.53. The highest BCUT2D eigenvalue weighted by atomic mass is 35.5. The second-order valence-electron chi connectivity index (χ2n) is 8.88. The summed E-state index contributed by atoms with van der Waals surface area (Å²) in [6.07, 6.45) is 1.26. The number of hydrogen-bond acceptors (Lipinski definition) is 7. The number of aromatic nitrogens is 5. The molecule has 0 bridgehead atoms. The molecule has 1 aliphatic heterocycles. The Morgan fingerprint density at radius 1 is 1.35 bits per heavy atom. The maximum Gasteiger partial charge on any atom is 0.247 e. The number of aryl methyl sites for hydroxylation is 1. The van der Waals surface area contributed by atoms with Crippen molar-refractivity contribution in [1.82, 2.24) is 30.0 Å². The van der Waals surface area contributed by atoms with Crippen LogP contribution < -0.4 is 16.4 Å². The first-order chi connectivity index (χ1) is 16.0. The summed E-state index contributed by atoms with van der Waals surface area (Å²) in [5.74, 6) is -3.83. The van der Waals surface area contributed by atoms with Gasteiger partial charge in [0.1, 0.15) is 22.5 Å². The molecular weight excluding hydrogens is 470 g/mol. The van der Waals surface area contributed by atoms with Crippen LogP contribution in [-0.4, -0.2) is 48.5 Å². The first-order valence-electron chi connectivity index (χ1n) is 10.7. The van der Waals surface area contributed by atoms with Crippen LogP contribution in [0.1, 0.15) is 38.7 Å². The number of rotatable bonds is 6. The Balaban J connectivity index is 1.59. The van der Waals surface area contributed by atoms with Crippen molar-refractivity contribution < 1.29 is 18.4 Å². The lowest BCUT2D eigenvalue weighted by Gasteiger charge is -2.21. The number of nitrogens with zero attached hydrogens (tertiary/aromatic N) is 5. The minimum absolute atomic E-state index is 0.0488. The van der Waals surface area contributed by atoms with Crippen LogP contribution in [0.2, 0.25) is 5.15 Å². The first kappa shape index (κ1) is 22.4. The van der Waals surface area contributed by atoms with Gasteiger partial charge in [-0.25, -0.2) is 28.4 Å². The molecule has 0 radical (unpaired) electrons. The molecule has 5 rings (SSSR count). The molecule has 2 aliphatic rings. The second kappa shape index (κ2) is 7.55. The van der Waals surface area contributed by atoms with E-state index in [1.165, 1.54) is 17.7 Å². The molecule has 0 spiro atoms. The topological polar surface area (TPSA) is 141 Å². The van der Waals surface area contributed by atoms with Crippen LogP contribution >= 0.6 is 11.6 Å². The number of pyridine rings is 1. The summed E-state index contributed by atoms with van der Waals surface area (Å²) >= 11 is 6.02. The van der Waals surface area contributed by atoms with Crippen LogP contribution in [0.5, 0.6) is 0 Å². The molecule has 1 aliphatic carbocycles. The van der Waals surface area contributed by atoms with Crippen LogP contribution in [0.15, 0.2) is 12.1 Å². The standard InChI is InChI=1S/C21H21ClF2N8O2/c1-20(23,24)7-8-32-17-10(5-6-11(22)27-17)13(31-32)16-28-14(25)12-15(29-16)30-19(34)21(12,2)18(33)26-9-3-4-9/h5-6,9H,3-4,7-8H2,1-2H3,(H,26,33)(H3,25,28,29,30,34). The zero-order valence-electron chi connectivity index (χ0n) is 18.3. The first-order valence-corrected chi connectivity index (χ1v) is 11.1. The number of nitrogens with one attached hydrogen (secondary N) is 2. The van der Waals surface area contributed by atoms with Crippen LogP contribution in [-0.2, 0) is 21.5 Å². The fourth-order valence-electron chi connectivity index (χ4n) is 3.94. The van der Waals surface area contributed by atoms with E-state index in [-0.39, 0.29) is 52.1 Å². The van der Waals surface area contributed by atoms with E-state index >= 15 is 0 Å². The monoisotopic (exact) mass is 490 g/mol. The predicted molar refractivity (Wildman–Crippen MR) is 120 cm³/mol. The Kier molecular flexibility index (Phi) is 4.97. The van der Waals surface area contributed by atoms with Gasteiger partial charge in [-0.2, -0.15) is 5.10 Å². The van der Waals surface area contributed by atoms with E-state index in [9.17, 15) is 18.4 Å². The molecule has 13 heteroatoms. The van der Waals surface area contributed by atoms with Crippen LogP contribution in [0.3, 0.4) is 0 Å². The van der Waals surface area contributed by atoms with Crippen LogP contribution in [0.25, 0.3) is 22.6 Å². The van der Waals surface area contributed by atoms with Crippen LogP contribution in [0, 0.1) is 0 Å². The van der Waals surface area contributed by atoms with E-state index in [1.807, 2.05) is 0 Å². The smallest absolute Gasteiger partial charge is 0.247 e. The third-order valence-electron chi connectivity index (χ3n) is 6.03. The Morgan fingerprint density at radius 3 is 2.76 bits per heavy atom. The molecule has 1 fully saturated rings. The van der Waals surface area contributed by atoms with E-state index in [0.717, 1.165) is 19.8 Å². The number of alkyl halides is 2. The van der Waals surface area contributed by atoms with Crippen molar-refractivity contribution in [2.24, 2.45) is 0 Å². The fourth-order valence-corrected chi connectivity index (χ4v) is 4.08. The number of amides is 2. The predicted octanol–water partition coefficient (Wildman–Crippen LogP) is 2.66. The lowest BCUT2D eigenvalue weighted by Crippen LogP contribution is -2.48. The Bertz CT molecular complexity index is 1350. The molecule has 2 amide bonds. The van der Waals surface area contributed by atoms with Crippen molar-refractivity contribution in [2.75, 3.05) is 11.1 Å². The number of nitrogens with two attached hydrogens (primary N) is 1. The molecule has 3 aromatic rings. The van der Waals surface area contributed by atoms with Gasteiger partial charge in [-0.15, -0.1) is 0 Å². The molecule has 4 heterocycles. The van der Waals surface area contributed by atoms with Gasteiger partial charge in [-0.3, -0.25) is 9.59 Å². The third kappa shape index (κ3) is 3.71. The van der Waals surface area contributed by atoms with Gasteiger partial charge in [0, 0.05) is 19.0 Å². The SMILES string of the molecule is CC(F)(F)CCn1nc(-c2nc(N)c3c(n2)NC(=O)C3(C)C(=O)NC2CC2)c2ccc(Cl)nc21. The highest BCUT2D eigenvalue weighted by molar-refractivity contribution is 6.29. The quantitative estimate of drug-likeness (QED) is 0.356. The molecule has 1 saturated carbocycles. The van der Waals surface area contributed by atoms with E-state index in [2.05, 4.69) is 30.7 Å². The molecule has 3 aromatic heterocycles. The van der Waals surface area contributed by atoms with Crippen molar-refractivity contribution in [2.45, 2.75) is 57.0 Å². The number of carbonyl (C=O) groups is 2. The molecular formula is C21H21ClF2N8O2. The maximum absolute atomic E-state index is 13.5. The lowest BCUT2D eigenvalue weighted by molar-refractivity contribution is -0.133. The number of carbonyl (C=O) groups excluding carboxylic acids is 2. The summed E-state index contributed by atoms with van der Waals surface area (Å²) < 4.78 is 28.3. The van der Waals surface area contributed by atoms with E-state index in [0.29, 0.717) is 5.39 Å². The van der Waals surface area contributed by atoms with Gasteiger partial charge >= 0.3 is 0 Å². The number of hydrogen-bond donors (Lipinski definition) is 3. The minimum atomic E-state index is -2.90. The van der Waals surface area contributed by atoms with Gasteiger partial charge in [0.05, 0.1) is 10.9 Å². The van der Waals surface area contributed by atoms with Gasteiger partial charge in [0.2, 0.25) is 17.7 Å². The highest BCUT2D eigenvalue weighted by Crippen LogP contribution is 2.42. The third-order valence-corrected chi connectivity index (χ3v) is 6.24. The molecule has 0 saturated heterocycles. The van der Waals surface area contributed by atoms with Gasteiger partial charge in [0.15, 0.2) is 16.9 Å². The Morgan fingerprint density at radius 2 is 2.09 bits per heavy atom. The van der Waals surface area contributed by atoms with Gasteiger partial charge in [-0.05, 0) is 38.8 Å². The normalized spacial score (nSPS) is 19.9. The van der Waals surface area contributed by atoms with Crippen molar-refractivity contribution >= 4 is 46.1 Å². The Hall–Kier alpha value is -3.41. The largest absolute Gasteiger partial charge is 0.383 e. The van der Waals surface area contributed by atoms with Crippen molar-refractivity contribution in [1.29, 1.82) is 0 Å². The van der Waals surface area contributed by atoms with E-state index < -0.39 is 29.6 Å². The van der Waals surface area contributed by atoms with Gasteiger partial charge < -0.3 is 16.4 Å². The van der Waals surface area contributed by atoms with Gasteiger partial charge in [-0.1, -0.05) is 11.6 Å². The number of halogens is 3. The molecule has 1 unspecified atom stereocenters. The summed E-state index contributed by atoms with van der Waals surface area (Å²) in [6.45, 7) is 2.18. The van der Waals surface area contributed by atoms with Gasteiger partial charge in [0.25, 0.3) is 0 Å². The van der Waals surface area contributed by atoms with E-state index in [4.69, 9.17) is 17.3 Å². The van der Waals surface area contributed by atoms with Crippen molar-refractivity contribution in [3.8, 4) is 11.5 Å². The molecule has 4 N–H and O–H groups in total. The van der Waals surface area contributed by atoms with Crippen molar-refractivity contribution in [3.63, 3.8) is 0 Å². The zero-order chi connectivity index (χ0) is 24.4. The summed E-state index contributed by atoms with van der Waals surface area (Å²) in [6, 6.07) is 3.21. The lowest BCUT2D eigenvalue weighted by atomic mass is 9.83. The summed E-state index contributed by atoms with van der Waals surface area (Å²) in [7, 11) is 0. The molecule has 10 nitrogen and oxygen atoms in total. The molecule has 178 valence electrons. The summed E-state index contributed by atoms with van der Waals surface area (Å²) in [4.78, 5) is 38.7. The van der Waals surface area contributed by atoms with E-state index in [1.54, 1.807) is 6.07 Å². The van der Waals surface area contributed by atoms with Crippen molar-refractivity contribution in [3.05, 3.63) is 22.8 Å². The minimum Gasteiger partial charge on any atom is -0.383 e. The fraction of sp³-hybridized carbons (Fsp3) is 0.429. The number of fused-ring (bicyclic) bond motifs is 2. The Labute approximate surface area is 197 Å².